The van der Waals surface area contributed by atoms with E-state index < -0.39 is 5.97 Å². The molecule has 1 aromatic rings. The Morgan fingerprint density at radius 1 is 1.73 bits per heavy atom. The Labute approximate surface area is 92.5 Å². The summed E-state index contributed by atoms with van der Waals surface area (Å²) in [5.74, 6) is 0.269. The summed E-state index contributed by atoms with van der Waals surface area (Å²) in [7, 11) is 1.27. The molecule has 0 atom stereocenters. The highest BCUT2D eigenvalue weighted by molar-refractivity contribution is 6.29. The molecular formula is C9H12ClN3O2. The van der Waals surface area contributed by atoms with E-state index in [0.717, 1.165) is 0 Å². The number of hydrogen-bond donors (Lipinski definition) is 1. The van der Waals surface area contributed by atoms with Crippen LogP contribution in [-0.4, -0.2) is 22.6 Å². The lowest BCUT2D eigenvalue weighted by Gasteiger charge is -2.05. The Bertz CT molecular complexity index is 412. The van der Waals surface area contributed by atoms with Crippen molar-refractivity contribution in [2.75, 3.05) is 12.8 Å². The standard InChI is InChI=1S/C9H12ClN3O2/c1-5(10)4-13-6(2)12-7(8(13)11)9(14)15-3/h1,4,11H2,2-3H3. The zero-order chi connectivity index (χ0) is 11.6. The molecule has 0 unspecified atom stereocenters. The molecule has 0 aliphatic rings. The maximum Gasteiger partial charge on any atom is 0.360 e. The third kappa shape index (κ3) is 2.30. The number of allylic oxidation sites excluding steroid dienone is 1. The first kappa shape index (κ1) is 11.6. The molecule has 0 fully saturated rings. The van der Waals surface area contributed by atoms with Crippen LogP contribution < -0.4 is 5.73 Å². The van der Waals surface area contributed by atoms with Gasteiger partial charge < -0.3 is 15.0 Å². The predicted molar refractivity (Wildman–Crippen MR) is 57.7 cm³/mol. The number of nitrogen functional groups attached to an aromatic ring is 1. The number of nitrogens with two attached hydrogens (primary N) is 1. The van der Waals surface area contributed by atoms with Crippen molar-refractivity contribution in [3.05, 3.63) is 23.1 Å². The number of aryl methyl sites for hydroxylation is 1. The van der Waals surface area contributed by atoms with Crippen LogP contribution in [0.3, 0.4) is 0 Å². The Morgan fingerprint density at radius 3 is 2.80 bits per heavy atom. The van der Waals surface area contributed by atoms with Crippen molar-refractivity contribution in [3.63, 3.8) is 0 Å². The Morgan fingerprint density at radius 2 is 2.33 bits per heavy atom. The molecule has 0 aliphatic heterocycles. The van der Waals surface area contributed by atoms with E-state index >= 15 is 0 Å². The van der Waals surface area contributed by atoms with Crippen LogP contribution >= 0.6 is 11.6 Å². The van der Waals surface area contributed by atoms with E-state index in [1.165, 1.54) is 7.11 Å². The number of aromatic nitrogens is 2. The lowest BCUT2D eigenvalue weighted by atomic mass is 10.4. The summed E-state index contributed by atoms with van der Waals surface area (Å²) in [5, 5.41) is 0.415. The average Bonchev–Trinajstić information content (AvgIpc) is 2.44. The summed E-state index contributed by atoms with van der Waals surface area (Å²) in [5.41, 5.74) is 5.83. The van der Waals surface area contributed by atoms with Crippen molar-refractivity contribution in [2.24, 2.45) is 0 Å². The van der Waals surface area contributed by atoms with E-state index in [-0.39, 0.29) is 11.5 Å². The second kappa shape index (κ2) is 4.35. The molecule has 5 nitrogen and oxygen atoms in total. The molecule has 6 heteroatoms. The minimum absolute atomic E-state index is 0.105. The van der Waals surface area contributed by atoms with Crippen molar-refractivity contribution in [3.8, 4) is 0 Å². The number of carbonyl (C=O) groups is 1. The van der Waals surface area contributed by atoms with E-state index in [9.17, 15) is 4.79 Å². The van der Waals surface area contributed by atoms with Gasteiger partial charge >= 0.3 is 5.97 Å². The van der Waals surface area contributed by atoms with Gasteiger partial charge in [-0.25, -0.2) is 9.78 Å². The molecule has 0 saturated heterocycles. The third-order valence-corrected chi connectivity index (χ3v) is 2.03. The SMILES string of the molecule is C=C(Cl)Cn1c(C)nc(C(=O)OC)c1N. The van der Waals surface area contributed by atoms with Crippen molar-refractivity contribution >= 4 is 23.4 Å². The van der Waals surface area contributed by atoms with E-state index in [1.807, 2.05) is 0 Å². The van der Waals surface area contributed by atoms with Gasteiger partial charge in [0.15, 0.2) is 5.69 Å². The first-order valence-electron chi connectivity index (χ1n) is 4.21. The van der Waals surface area contributed by atoms with Crippen LogP contribution in [0.1, 0.15) is 16.3 Å². The molecule has 0 bridgehead atoms. The maximum absolute atomic E-state index is 11.3. The van der Waals surface area contributed by atoms with Gasteiger partial charge in [-0.15, -0.1) is 0 Å². The number of imidazole rings is 1. The molecule has 2 N–H and O–H groups in total. The largest absolute Gasteiger partial charge is 0.464 e. The number of anilines is 1. The molecule has 82 valence electrons. The first-order chi connectivity index (χ1) is 6.97. The number of ether oxygens (including phenoxy) is 1. The van der Waals surface area contributed by atoms with Gasteiger partial charge in [-0.05, 0) is 6.92 Å². The number of carbonyl (C=O) groups excluding carboxylic acids is 1. The Kier molecular flexibility index (Phi) is 3.36. The summed E-state index contributed by atoms with van der Waals surface area (Å²) in [6.45, 7) is 5.60. The zero-order valence-electron chi connectivity index (χ0n) is 8.58. The number of rotatable bonds is 3. The second-order valence-electron chi connectivity index (χ2n) is 2.99. The number of nitrogens with zero attached hydrogens (tertiary/aromatic N) is 2. The van der Waals surface area contributed by atoms with E-state index in [1.54, 1.807) is 11.5 Å². The molecule has 0 spiro atoms. The molecule has 0 saturated carbocycles. The van der Waals surface area contributed by atoms with Gasteiger partial charge in [0.25, 0.3) is 0 Å². The van der Waals surface area contributed by atoms with Gasteiger partial charge in [0.1, 0.15) is 11.6 Å². The first-order valence-corrected chi connectivity index (χ1v) is 4.59. The van der Waals surface area contributed by atoms with Crippen LogP contribution in [0.5, 0.6) is 0 Å². The van der Waals surface area contributed by atoms with Crippen molar-refractivity contribution < 1.29 is 9.53 Å². The van der Waals surface area contributed by atoms with E-state index in [4.69, 9.17) is 17.3 Å². The van der Waals surface area contributed by atoms with Crippen LogP contribution in [0, 0.1) is 6.92 Å². The lowest BCUT2D eigenvalue weighted by Crippen LogP contribution is -2.08. The number of methoxy groups -OCH3 is 1. The molecule has 0 aliphatic carbocycles. The van der Waals surface area contributed by atoms with Crippen LogP contribution in [0.2, 0.25) is 0 Å². The quantitative estimate of drug-likeness (QED) is 0.794. The number of halogens is 1. The zero-order valence-corrected chi connectivity index (χ0v) is 9.34. The topological polar surface area (TPSA) is 70.1 Å². The fourth-order valence-corrected chi connectivity index (χ4v) is 1.32. The monoisotopic (exact) mass is 229 g/mol. The van der Waals surface area contributed by atoms with E-state index in [2.05, 4.69) is 16.3 Å². The van der Waals surface area contributed by atoms with Gasteiger partial charge in [-0.3, -0.25) is 0 Å². The second-order valence-corrected chi connectivity index (χ2v) is 3.52. The fourth-order valence-electron chi connectivity index (χ4n) is 1.20. The summed E-state index contributed by atoms with van der Waals surface area (Å²) in [6, 6.07) is 0. The summed E-state index contributed by atoms with van der Waals surface area (Å²) in [4.78, 5) is 15.2. The minimum Gasteiger partial charge on any atom is -0.464 e. The normalized spacial score (nSPS) is 10.1. The van der Waals surface area contributed by atoms with Crippen molar-refractivity contribution in [1.82, 2.24) is 9.55 Å². The summed E-state index contributed by atoms with van der Waals surface area (Å²) in [6.07, 6.45) is 0. The van der Waals surface area contributed by atoms with Crippen LogP contribution in [0.25, 0.3) is 0 Å². The molecular weight excluding hydrogens is 218 g/mol. The van der Waals surface area contributed by atoms with Crippen molar-refractivity contribution in [1.29, 1.82) is 0 Å². The van der Waals surface area contributed by atoms with Gasteiger partial charge in [-0.2, -0.15) is 0 Å². The van der Waals surface area contributed by atoms with E-state index in [0.29, 0.717) is 17.4 Å². The van der Waals surface area contributed by atoms with Gasteiger partial charge in [0.05, 0.1) is 13.7 Å². The maximum atomic E-state index is 11.3. The molecule has 1 heterocycles. The fraction of sp³-hybridized carbons (Fsp3) is 0.333. The van der Waals surface area contributed by atoms with Gasteiger partial charge in [0, 0.05) is 5.03 Å². The molecule has 0 amide bonds. The van der Waals surface area contributed by atoms with Gasteiger partial charge in [0.2, 0.25) is 0 Å². The highest BCUT2D eigenvalue weighted by Gasteiger charge is 2.18. The minimum atomic E-state index is -0.561. The number of hydrogen-bond acceptors (Lipinski definition) is 4. The lowest BCUT2D eigenvalue weighted by molar-refractivity contribution is 0.0595. The predicted octanol–water partition coefficient (Wildman–Crippen LogP) is 1.31. The van der Waals surface area contributed by atoms with Gasteiger partial charge in [-0.1, -0.05) is 18.2 Å². The third-order valence-electron chi connectivity index (χ3n) is 1.91. The average molecular weight is 230 g/mol. The highest BCUT2D eigenvalue weighted by atomic mass is 35.5. The molecule has 1 aromatic heterocycles. The Hall–Kier alpha value is -1.49. The van der Waals surface area contributed by atoms with Crippen LogP contribution in [0.4, 0.5) is 5.82 Å². The molecule has 0 radical (unpaired) electrons. The van der Waals surface area contributed by atoms with Crippen LogP contribution in [0.15, 0.2) is 11.6 Å². The Balaban J connectivity index is 3.14. The highest BCUT2D eigenvalue weighted by Crippen LogP contribution is 2.17. The molecule has 1 rings (SSSR count). The summed E-state index contributed by atoms with van der Waals surface area (Å²) >= 11 is 5.66. The molecule has 0 aromatic carbocycles. The molecule has 15 heavy (non-hydrogen) atoms. The number of esters is 1. The van der Waals surface area contributed by atoms with Crippen LogP contribution in [-0.2, 0) is 11.3 Å². The smallest absolute Gasteiger partial charge is 0.360 e. The summed E-state index contributed by atoms with van der Waals surface area (Å²) < 4.78 is 6.14. The van der Waals surface area contributed by atoms with Crippen molar-refractivity contribution in [2.45, 2.75) is 13.5 Å².